The molecule has 1 aliphatic rings. The standard InChI is InChI=1S/C30H56N2O2Si/c1-26(13-9-15-27(2)17-11-19-29(4)25-34-35(6,7)8)14-10-16-28(3)18-12-20-30(33)32-23-21-31(5)22-24-32/h14-15,18,29H,9-13,16-17,19-25H2,1-8H3/b26-14+,27-15+,28-18+. The molecule has 5 heteroatoms. The Kier molecular flexibility index (Phi) is 15.8. The summed E-state index contributed by atoms with van der Waals surface area (Å²) in [4.78, 5) is 16.7. The monoisotopic (exact) mass is 504 g/mol. The van der Waals surface area contributed by atoms with Gasteiger partial charge in [-0.3, -0.25) is 4.79 Å². The largest absolute Gasteiger partial charge is 0.417 e. The maximum absolute atomic E-state index is 12.3. The summed E-state index contributed by atoms with van der Waals surface area (Å²) in [6, 6.07) is 0. The average Bonchev–Trinajstić information content (AvgIpc) is 2.77. The van der Waals surface area contributed by atoms with E-state index in [9.17, 15) is 4.79 Å². The Morgan fingerprint density at radius 3 is 1.83 bits per heavy atom. The summed E-state index contributed by atoms with van der Waals surface area (Å²) in [6.45, 7) is 20.5. The van der Waals surface area contributed by atoms with Gasteiger partial charge in [-0.15, -0.1) is 0 Å². The Morgan fingerprint density at radius 1 is 0.829 bits per heavy atom. The fourth-order valence-electron chi connectivity index (χ4n) is 4.26. The van der Waals surface area contributed by atoms with Crippen LogP contribution in [0.3, 0.4) is 0 Å². The van der Waals surface area contributed by atoms with E-state index >= 15 is 0 Å². The Hall–Kier alpha value is -1.17. The lowest BCUT2D eigenvalue weighted by molar-refractivity contribution is -0.132. The minimum absolute atomic E-state index is 0.312. The Morgan fingerprint density at radius 2 is 1.31 bits per heavy atom. The Balaban J connectivity index is 2.16. The van der Waals surface area contributed by atoms with Crippen molar-refractivity contribution in [3.8, 4) is 0 Å². The molecule has 35 heavy (non-hydrogen) atoms. The van der Waals surface area contributed by atoms with Gasteiger partial charge in [-0.2, -0.15) is 0 Å². The van der Waals surface area contributed by atoms with Crippen molar-refractivity contribution in [1.29, 1.82) is 0 Å². The molecule has 0 radical (unpaired) electrons. The van der Waals surface area contributed by atoms with Crippen LogP contribution in [0.25, 0.3) is 0 Å². The van der Waals surface area contributed by atoms with Crippen LogP contribution in [0, 0.1) is 5.92 Å². The third-order valence-electron chi connectivity index (χ3n) is 6.84. The van der Waals surface area contributed by atoms with Crippen molar-refractivity contribution in [2.24, 2.45) is 5.92 Å². The van der Waals surface area contributed by atoms with Gasteiger partial charge < -0.3 is 14.2 Å². The summed E-state index contributed by atoms with van der Waals surface area (Å²) >= 11 is 0. The van der Waals surface area contributed by atoms with Crippen molar-refractivity contribution in [1.82, 2.24) is 9.80 Å². The first-order chi connectivity index (χ1) is 16.5. The van der Waals surface area contributed by atoms with E-state index in [4.69, 9.17) is 4.43 Å². The maximum Gasteiger partial charge on any atom is 0.222 e. The summed E-state index contributed by atoms with van der Waals surface area (Å²) in [7, 11) is 0.743. The highest BCUT2D eigenvalue weighted by molar-refractivity contribution is 6.69. The minimum Gasteiger partial charge on any atom is -0.417 e. The molecule has 1 rings (SSSR count). The maximum atomic E-state index is 12.3. The molecule has 202 valence electrons. The van der Waals surface area contributed by atoms with Gasteiger partial charge in [0.25, 0.3) is 0 Å². The predicted molar refractivity (Wildman–Crippen MR) is 155 cm³/mol. The van der Waals surface area contributed by atoms with Crippen LogP contribution in [0.5, 0.6) is 0 Å². The predicted octanol–water partition coefficient (Wildman–Crippen LogP) is 7.60. The lowest BCUT2D eigenvalue weighted by atomic mass is 10.0. The van der Waals surface area contributed by atoms with Crippen molar-refractivity contribution in [3.05, 3.63) is 34.9 Å². The zero-order chi connectivity index (χ0) is 26.3. The van der Waals surface area contributed by atoms with Gasteiger partial charge >= 0.3 is 0 Å². The highest BCUT2D eigenvalue weighted by Crippen LogP contribution is 2.17. The number of hydrogen-bond acceptors (Lipinski definition) is 3. The number of carbonyl (C=O) groups is 1. The van der Waals surface area contributed by atoms with E-state index in [1.54, 1.807) is 0 Å². The normalized spacial score (nSPS) is 17.7. The first-order valence-corrected chi connectivity index (χ1v) is 17.4. The van der Waals surface area contributed by atoms with Crippen LogP contribution in [-0.4, -0.2) is 63.9 Å². The van der Waals surface area contributed by atoms with Crippen LogP contribution in [0.2, 0.25) is 19.6 Å². The van der Waals surface area contributed by atoms with Gasteiger partial charge in [0.1, 0.15) is 0 Å². The van der Waals surface area contributed by atoms with E-state index in [1.807, 2.05) is 4.90 Å². The summed E-state index contributed by atoms with van der Waals surface area (Å²) < 4.78 is 6.04. The molecular weight excluding hydrogens is 448 g/mol. The Bertz CT molecular complexity index is 698. The van der Waals surface area contributed by atoms with Crippen molar-refractivity contribution in [3.63, 3.8) is 0 Å². The van der Waals surface area contributed by atoms with Gasteiger partial charge in [0.05, 0.1) is 0 Å². The topological polar surface area (TPSA) is 32.8 Å². The van der Waals surface area contributed by atoms with Crippen LogP contribution in [0.15, 0.2) is 34.9 Å². The number of piperazine rings is 1. The molecule has 0 aromatic rings. The number of likely N-dealkylation sites (N-methyl/N-ethyl adjacent to an activating group) is 1. The van der Waals surface area contributed by atoms with Crippen molar-refractivity contribution in [2.45, 2.75) is 105 Å². The van der Waals surface area contributed by atoms with Crippen LogP contribution < -0.4 is 0 Å². The summed E-state index contributed by atoms with van der Waals surface area (Å²) in [5, 5.41) is 0. The molecule has 1 heterocycles. The third kappa shape index (κ3) is 17.0. The minimum atomic E-state index is -1.38. The second-order valence-corrected chi connectivity index (χ2v) is 16.4. The molecule has 0 bridgehead atoms. The zero-order valence-electron chi connectivity index (χ0n) is 24.4. The second kappa shape index (κ2) is 17.3. The number of allylic oxidation sites excluding steroid dienone is 6. The SMILES string of the molecule is C/C(=C\CCC(=O)N1CCN(C)CC1)CC/C=C(\C)CC/C=C(\C)CCCC(C)CO[Si](C)(C)C. The second-order valence-electron chi connectivity index (χ2n) is 11.9. The summed E-state index contributed by atoms with van der Waals surface area (Å²) in [6.07, 6.45) is 16.8. The molecular formula is C30H56N2O2Si. The third-order valence-corrected chi connectivity index (χ3v) is 7.87. The molecule has 1 unspecified atom stereocenters. The average molecular weight is 505 g/mol. The molecule has 0 aromatic heterocycles. The van der Waals surface area contributed by atoms with Crippen molar-refractivity contribution in [2.75, 3.05) is 39.8 Å². The molecule has 0 aromatic carbocycles. The van der Waals surface area contributed by atoms with Crippen LogP contribution in [0.1, 0.15) is 85.5 Å². The van der Waals surface area contributed by atoms with Gasteiger partial charge in [0.15, 0.2) is 8.32 Å². The molecule has 4 nitrogen and oxygen atoms in total. The van der Waals surface area contributed by atoms with E-state index < -0.39 is 8.32 Å². The first-order valence-electron chi connectivity index (χ1n) is 14.0. The van der Waals surface area contributed by atoms with Gasteiger partial charge in [0, 0.05) is 39.2 Å². The Labute approximate surface area is 219 Å². The van der Waals surface area contributed by atoms with Gasteiger partial charge in [-0.1, -0.05) is 41.9 Å². The molecule has 0 saturated carbocycles. The molecule has 0 aliphatic carbocycles. The fraction of sp³-hybridized carbons (Fsp3) is 0.767. The number of nitrogens with zero attached hydrogens (tertiary/aromatic N) is 2. The van der Waals surface area contributed by atoms with Gasteiger partial charge in [0.2, 0.25) is 5.91 Å². The van der Waals surface area contributed by atoms with E-state index in [0.717, 1.165) is 64.9 Å². The molecule has 1 saturated heterocycles. The highest BCUT2D eigenvalue weighted by atomic mass is 28.4. The molecule has 1 fully saturated rings. The number of carbonyl (C=O) groups excluding carboxylic acids is 1. The molecule has 0 spiro atoms. The van der Waals surface area contributed by atoms with E-state index in [2.05, 4.69) is 77.5 Å². The first kappa shape index (κ1) is 31.9. The van der Waals surface area contributed by atoms with Gasteiger partial charge in [-0.25, -0.2) is 0 Å². The van der Waals surface area contributed by atoms with Gasteiger partial charge in [-0.05, 0) is 105 Å². The van der Waals surface area contributed by atoms with Crippen molar-refractivity contribution < 1.29 is 9.22 Å². The van der Waals surface area contributed by atoms with E-state index in [1.165, 1.54) is 36.0 Å². The lowest BCUT2D eigenvalue weighted by Gasteiger charge is -2.32. The zero-order valence-corrected chi connectivity index (χ0v) is 25.4. The quantitative estimate of drug-likeness (QED) is 0.160. The summed E-state index contributed by atoms with van der Waals surface area (Å²) in [5.74, 6) is 0.974. The van der Waals surface area contributed by atoms with E-state index in [0.29, 0.717) is 18.2 Å². The van der Waals surface area contributed by atoms with Crippen molar-refractivity contribution >= 4 is 14.2 Å². The summed E-state index contributed by atoms with van der Waals surface area (Å²) in [5.41, 5.74) is 4.42. The molecule has 0 N–H and O–H groups in total. The van der Waals surface area contributed by atoms with Crippen LogP contribution >= 0.6 is 0 Å². The number of amides is 1. The van der Waals surface area contributed by atoms with Crippen LogP contribution in [-0.2, 0) is 9.22 Å². The molecule has 1 atom stereocenters. The lowest BCUT2D eigenvalue weighted by Crippen LogP contribution is -2.47. The number of rotatable bonds is 16. The smallest absolute Gasteiger partial charge is 0.222 e. The highest BCUT2D eigenvalue weighted by Gasteiger charge is 2.18. The molecule has 1 aliphatic heterocycles. The van der Waals surface area contributed by atoms with Crippen LogP contribution in [0.4, 0.5) is 0 Å². The number of hydrogen-bond donors (Lipinski definition) is 0. The fourth-order valence-corrected chi connectivity index (χ4v) is 5.04. The molecule has 1 amide bonds. The van der Waals surface area contributed by atoms with E-state index in [-0.39, 0.29) is 0 Å².